The minimum absolute atomic E-state index is 0.305. The van der Waals surface area contributed by atoms with Crippen LogP contribution in [0.3, 0.4) is 0 Å². The van der Waals surface area contributed by atoms with Crippen molar-refractivity contribution in [3.63, 3.8) is 0 Å². The molecule has 3 nitrogen and oxygen atoms in total. The molecule has 2 N–H and O–H groups in total. The Balaban J connectivity index is 2.12. The van der Waals surface area contributed by atoms with E-state index in [0.29, 0.717) is 22.5 Å². The maximum absolute atomic E-state index is 13.3. The van der Waals surface area contributed by atoms with Gasteiger partial charge in [-0.2, -0.15) is 0 Å². The van der Waals surface area contributed by atoms with E-state index in [1.165, 1.54) is 12.1 Å². The summed E-state index contributed by atoms with van der Waals surface area (Å²) in [6.07, 6.45) is 3.36. The van der Waals surface area contributed by atoms with Crippen LogP contribution in [0.4, 0.5) is 10.1 Å². The number of rotatable bonds is 3. The fourth-order valence-corrected chi connectivity index (χ4v) is 1.67. The Morgan fingerprint density at radius 2 is 2.24 bits per heavy atom. The van der Waals surface area contributed by atoms with Crippen LogP contribution >= 0.6 is 15.9 Å². The number of pyridine rings is 1. The van der Waals surface area contributed by atoms with Crippen molar-refractivity contribution < 1.29 is 9.13 Å². The van der Waals surface area contributed by atoms with Crippen molar-refractivity contribution in [3.05, 3.63) is 52.5 Å². The van der Waals surface area contributed by atoms with Gasteiger partial charge in [-0.05, 0) is 28.1 Å². The number of nitrogens with zero attached hydrogens (tertiary/aromatic N) is 1. The molecule has 0 aliphatic carbocycles. The van der Waals surface area contributed by atoms with Gasteiger partial charge in [-0.3, -0.25) is 4.98 Å². The van der Waals surface area contributed by atoms with E-state index in [2.05, 4.69) is 20.9 Å². The number of nitrogens with two attached hydrogens (primary N) is 1. The van der Waals surface area contributed by atoms with Crippen molar-refractivity contribution in [2.75, 3.05) is 5.73 Å². The third kappa shape index (κ3) is 2.94. The molecule has 0 saturated carbocycles. The third-order valence-corrected chi connectivity index (χ3v) is 2.78. The standard InChI is InChI=1S/C12H10BrFN2O/c13-9-4-11(15)12(5-10(9)14)17-7-8-2-1-3-16-6-8/h1-6H,7,15H2. The summed E-state index contributed by atoms with van der Waals surface area (Å²) < 4.78 is 19.0. The molecule has 0 aliphatic heterocycles. The summed E-state index contributed by atoms with van der Waals surface area (Å²) in [6, 6.07) is 6.42. The fraction of sp³-hybridized carbons (Fsp3) is 0.0833. The van der Waals surface area contributed by atoms with Crippen molar-refractivity contribution in [2.24, 2.45) is 0 Å². The number of benzene rings is 1. The number of nitrogen functional groups attached to an aromatic ring is 1. The lowest BCUT2D eigenvalue weighted by atomic mass is 10.3. The van der Waals surface area contributed by atoms with Crippen molar-refractivity contribution in [1.29, 1.82) is 0 Å². The second-order valence-corrected chi connectivity index (χ2v) is 4.31. The average Bonchev–Trinajstić information content (AvgIpc) is 2.33. The fourth-order valence-electron chi connectivity index (χ4n) is 1.31. The van der Waals surface area contributed by atoms with E-state index in [0.717, 1.165) is 5.56 Å². The normalized spacial score (nSPS) is 10.2. The maximum Gasteiger partial charge on any atom is 0.145 e. The van der Waals surface area contributed by atoms with Gasteiger partial charge in [-0.15, -0.1) is 0 Å². The van der Waals surface area contributed by atoms with E-state index in [1.54, 1.807) is 12.4 Å². The van der Waals surface area contributed by atoms with Gasteiger partial charge in [0.25, 0.3) is 0 Å². The molecule has 0 bridgehead atoms. The smallest absolute Gasteiger partial charge is 0.145 e. The molecule has 2 aromatic rings. The summed E-state index contributed by atoms with van der Waals surface area (Å²) in [7, 11) is 0. The van der Waals surface area contributed by atoms with Crippen LogP contribution in [0.2, 0.25) is 0 Å². The second kappa shape index (κ2) is 5.14. The minimum Gasteiger partial charge on any atom is -0.487 e. The SMILES string of the molecule is Nc1cc(Br)c(F)cc1OCc1cccnc1. The average molecular weight is 297 g/mol. The molecule has 2 rings (SSSR count). The van der Waals surface area contributed by atoms with Crippen molar-refractivity contribution in [3.8, 4) is 5.75 Å². The van der Waals surface area contributed by atoms with Crippen LogP contribution in [0.5, 0.6) is 5.75 Å². The Labute approximate surface area is 107 Å². The van der Waals surface area contributed by atoms with E-state index >= 15 is 0 Å². The molecule has 0 unspecified atom stereocenters. The Kier molecular flexibility index (Phi) is 3.58. The molecule has 0 fully saturated rings. The molecular formula is C12H10BrFN2O. The Morgan fingerprint density at radius 1 is 1.41 bits per heavy atom. The Bertz CT molecular complexity index is 519. The lowest BCUT2D eigenvalue weighted by Gasteiger charge is -2.09. The topological polar surface area (TPSA) is 48.1 Å². The van der Waals surface area contributed by atoms with Gasteiger partial charge in [-0.25, -0.2) is 4.39 Å². The van der Waals surface area contributed by atoms with E-state index in [4.69, 9.17) is 10.5 Å². The molecule has 5 heteroatoms. The summed E-state index contributed by atoms with van der Waals surface area (Å²) >= 11 is 3.06. The molecule has 1 heterocycles. The summed E-state index contributed by atoms with van der Waals surface area (Å²) in [5.74, 6) is -0.0741. The lowest BCUT2D eigenvalue weighted by molar-refractivity contribution is 0.306. The summed E-state index contributed by atoms with van der Waals surface area (Å²) in [4.78, 5) is 3.96. The predicted octanol–water partition coefficient (Wildman–Crippen LogP) is 3.14. The Hall–Kier alpha value is -1.62. The highest BCUT2D eigenvalue weighted by molar-refractivity contribution is 9.10. The highest BCUT2D eigenvalue weighted by Crippen LogP contribution is 2.28. The molecule has 0 radical (unpaired) electrons. The van der Waals surface area contributed by atoms with Gasteiger partial charge >= 0.3 is 0 Å². The van der Waals surface area contributed by atoms with Crippen LogP contribution in [0.1, 0.15) is 5.56 Å². The molecular weight excluding hydrogens is 287 g/mol. The lowest BCUT2D eigenvalue weighted by Crippen LogP contribution is -2.00. The number of halogens is 2. The summed E-state index contributed by atoms with van der Waals surface area (Å²) in [5.41, 5.74) is 7.01. The number of anilines is 1. The van der Waals surface area contributed by atoms with Crippen molar-refractivity contribution in [1.82, 2.24) is 4.98 Å². The van der Waals surface area contributed by atoms with Crippen LogP contribution in [0.15, 0.2) is 41.1 Å². The monoisotopic (exact) mass is 296 g/mol. The zero-order chi connectivity index (χ0) is 12.3. The molecule has 0 spiro atoms. The molecule has 0 amide bonds. The first-order chi connectivity index (χ1) is 8.16. The molecule has 1 aromatic carbocycles. The van der Waals surface area contributed by atoms with Crippen LogP contribution < -0.4 is 10.5 Å². The van der Waals surface area contributed by atoms with Gasteiger partial charge in [0, 0.05) is 24.0 Å². The van der Waals surface area contributed by atoms with Crippen LogP contribution in [0.25, 0.3) is 0 Å². The summed E-state index contributed by atoms with van der Waals surface area (Å²) in [6.45, 7) is 0.305. The van der Waals surface area contributed by atoms with Gasteiger partial charge in [0.2, 0.25) is 0 Å². The quantitative estimate of drug-likeness (QED) is 0.885. The summed E-state index contributed by atoms with van der Waals surface area (Å²) in [5, 5.41) is 0. The van der Waals surface area contributed by atoms with Crippen LogP contribution in [0, 0.1) is 5.82 Å². The molecule has 88 valence electrons. The van der Waals surface area contributed by atoms with E-state index < -0.39 is 5.82 Å². The third-order valence-electron chi connectivity index (χ3n) is 2.17. The predicted molar refractivity (Wildman–Crippen MR) is 67.1 cm³/mol. The molecule has 0 saturated heterocycles. The first kappa shape index (κ1) is 11.9. The van der Waals surface area contributed by atoms with E-state index in [-0.39, 0.29) is 0 Å². The highest BCUT2D eigenvalue weighted by Gasteiger charge is 2.07. The number of aromatic nitrogens is 1. The largest absolute Gasteiger partial charge is 0.487 e. The number of ether oxygens (including phenoxy) is 1. The van der Waals surface area contributed by atoms with E-state index in [1.807, 2.05) is 12.1 Å². The van der Waals surface area contributed by atoms with Gasteiger partial charge < -0.3 is 10.5 Å². The molecule has 17 heavy (non-hydrogen) atoms. The number of hydrogen-bond donors (Lipinski definition) is 1. The van der Waals surface area contributed by atoms with Gasteiger partial charge in [0.1, 0.15) is 18.2 Å². The maximum atomic E-state index is 13.3. The minimum atomic E-state index is -0.402. The number of hydrogen-bond acceptors (Lipinski definition) is 3. The van der Waals surface area contributed by atoms with E-state index in [9.17, 15) is 4.39 Å². The zero-order valence-corrected chi connectivity index (χ0v) is 10.4. The van der Waals surface area contributed by atoms with Crippen molar-refractivity contribution >= 4 is 21.6 Å². The molecule has 1 aromatic heterocycles. The van der Waals surface area contributed by atoms with Crippen LogP contribution in [-0.2, 0) is 6.61 Å². The van der Waals surface area contributed by atoms with Gasteiger partial charge in [-0.1, -0.05) is 6.07 Å². The molecule has 0 atom stereocenters. The molecule has 0 aliphatic rings. The first-order valence-corrected chi connectivity index (χ1v) is 5.72. The van der Waals surface area contributed by atoms with Crippen molar-refractivity contribution in [2.45, 2.75) is 6.61 Å². The second-order valence-electron chi connectivity index (χ2n) is 3.45. The first-order valence-electron chi connectivity index (χ1n) is 4.93. The zero-order valence-electron chi connectivity index (χ0n) is 8.86. The highest BCUT2D eigenvalue weighted by atomic mass is 79.9. The van der Waals surface area contributed by atoms with Gasteiger partial charge in [0.05, 0.1) is 10.2 Å². The van der Waals surface area contributed by atoms with Gasteiger partial charge in [0.15, 0.2) is 0 Å². The Morgan fingerprint density at radius 3 is 2.94 bits per heavy atom. The van der Waals surface area contributed by atoms with Crippen LogP contribution in [-0.4, -0.2) is 4.98 Å².